The van der Waals surface area contributed by atoms with E-state index in [0.29, 0.717) is 18.3 Å². The standard InChI is InChI=1S/C20H32N2O4/c1-4-5-13(2)21-17(24)11-26-18(25)19-7-15-6-16(8-19)10-20(9-15,12-19)22-14(3)23/h13,15-16H,4-12H2,1-3H3,(H,21,24)(H,22,23). The van der Waals surface area contributed by atoms with Crippen molar-refractivity contribution in [1.29, 1.82) is 0 Å². The highest BCUT2D eigenvalue weighted by Gasteiger charge is 2.61. The zero-order chi connectivity index (χ0) is 18.9. The predicted octanol–water partition coefficient (Wildman–Crippen LogP) is 2.31. The van der Waals surface area contributed by atoms with Crippen molar-refractivity contribution in [1.82, 2.24) is 10.6 Å². The third-order valence-electron chi connectivity index (χ3n) is 6.40. The summed E-state index contributed by atoms with van der Waals surface area (Å²) in [5.74, 6) is 0.420. The maximum absolute atomic E-state index is 12.9. The quantitative estimate of drug-likeness (QED) is 0.679. The van der Waals surface area contributed by atoms with Crippen LogP contribution in [0.5, 0.6) is 0 Å². The second kappa shape index (κ2) is 7.20. The summed E-state index contributed by atoms with van der Waals surface area (Å²) in [6, 6.07) is 0.0915. The molecular formula is C20H32N2O4. The molecule has 0 spiro atoms. The number of ether oxygens (including phenoxy) is 1. The molecule has 4 aliphatic carbocycles. The van der Waals surface area contributed by atoms with Gasteiger partial charge in [-0.1, -0.05) is 13.3 Å². The van der Waals surface area contributed by atoms with Crippen LogP contribution in [0.4, 0.5) is 0 Å². The average Bonchev–Trinajstić information content (AvgIpc) is 2.50. The van der Waals surface area contributed by atoms with E-state index in [-0.39, 0.29) is 36.0 Å². The van der Waals surface area contributed by atoms with Crippen LogP contribution >= 0.6 is 0 Å². The second-order valence-electron chi connectivity index (χ2n) is 9.04. The molecule has 3 unspecified atom stereocenters. The van der Waals surface area contributed by atoms with E-state index < -0.39 is 5.41 Å². The van der Waals surface area contributed by atoms with Gasteiger partial charge in [-0.25, -0.2) is 0 Å². The van der Waals surface area contributed by atoms with Gasteiger partial charge in [-0.05, 0) is 63.7 Å². The molecule has 0 saturated heterocycles. The number of esters is 1. The Bertz CT molecular complexity index is 574. The highest BCUT2D eigenvalue weighted by molar-refractivity contribution is 5.83. The van der Waals surface area contributed by atoms with Crippen molar-refractivity contribution in [2.24, 2.45) is 17.3 Å². The van der Waals surface area contributed by atoms with Gasteiger partial charge in [0.15, 0.2) is 6.61 Å². The first kappa shape index (κ1) is 19.2. The number of hydrogen-bond acceptors (Lipinski definition) is 4. The van der Waals surface area contributed by atoms with Crippen LogP contribution in [-0.2, 0) is 19.1 Å². The summed E-state index contributed by atoms with van der Waals surface area (Å²) < 4.78 is 5.45. The molecule has 0 aromatic rings. The normalized spacial score (nSPS) is 35.7. The lowest BCUT2D eigenvalue weighted by Crippen LogP contribution is -2.64. The molecule has 26 heavy (non-hydrogen) atoms. The minimum atomic E-state index is -0.526. The van der Waals surface area contributed by atoms with Crippen LogP contribution in [0.3, 0.4) is 0 Å². The van der Waals surface area contributed by atoms with Crippen molar-refractivity contribution in [3.63, 3.8) is 0 Å². The smallest absolute Gasteiger partial charge is 0.312 e. The Morgan fingerprint density at radius 1 is 1.15 bits per heavy atom. The third kappa shape index (κ3) is 3.89. The summed E-state index contributed by atoms with van der Waals surface area (Å²) >= 11 is 0. The Kier molecular flexibility index (Phi) is 5.31. The maximum Gasteiger partial charge on any atom is 0.312 e. The number of nitrogens with one attached hydrogen (secondary N) is 2. The summed E-state index contributed by atoms with van der Waals surface area (Å²) in [5, 5.41) is 6.02. The Labute approximate surface area is 155 Å². The van der Waals surface area contributed by atoms with E-state index in [4.69, 9.17) is 4.74 Å². The molecule has 6 nitrogen and oxygen atoms in total. The van der Waals surface area contributed by atoms with Gasteiger partial charge >= 0.3 is 5.97 Å². The number of carbonyl (C=O) groups is 3. The summed E-state index contributed by atoms with van der Waals surface area (Å²) in [7, 11) is 0. The summed E-state index contributed by atoms with van der Waals surface area (Å²) in [6.07, 6.45) is 7.30. The van der Waals surface area contributed by atoms with Gasteiger partial charge in [0.1, 0.15) is 0 Å². The molecule has 4 aliphatic rings. The van der Waals surface area contributed by atoms with Crippen molar-refractivity contribution in [3.05, 3.63) is 0 Å². The topological polar surface area (TPSA) is 84.5 Å². The fraction of sp³-hybridized carbons (Fsp3) is 0.850. The molecule has 0 radical (unpaired) electrons. The van der Waals surface area contributed by atoms with Gasteiger partial charge in [0.05, 0.1) is 5.41 Å². The maximum atomic E-state index is 12.9. The molecule has 3 atom stereocenters. The monoisotopic (exact) mass is 364 g/mol. The molecule has 0 aliphatic heterocycles. The minimum absolute atomic E-state index is 0.0280. The van der Waals surface area contributed by atoms with Crippen LogP contribution in [0.15, 0.2) is 0 Å². The van der Waals surface area contributed by atoms with Gasteiger partial charge in [0.25, 0.3) is 5.91 Å². The van der Waals surface area contributed by atoms with E-state index in [9.17, 15) is 14.4 Å². The highest BCUT2D eigenvalue weighted by Crippen LogP contribution is 2.62. The van der Waals surface area contributed by atoms with Gasteiger partial charge in [-0.2, -0.15) is 0 Å². The average molecular weight is 364 g/mol. The van der Waals surface area contributed by atoms with Crippen LogP contribution in [0.1, 0.15) is 72.1 Å². The van der Waals surface area contributed by atoms with Crippen molar-refractivity contribution in [2.75, 3.05) is 6.61 Å². The van der Waals surface area contributed by atoms with Crippen LogP contribution in [0.25, 0.3) is 0 Å². The molecule has 4 saturated carbocycles. The Morgan fingerprint density at radius 3 is 2.38 bits per heavy atom. The van der Waals surface area contributed by atoms with Crippen molar-refractivity contribution >= 4 is 17.8 Å². The molecule has 4 bridgehead atoms. The number of carbonyl (C=O) groups excluding carboxylic acids is 3. The molecule has 4 fully saturated rings. The highest BCUT2D eigenvalue weighted by atomic mass is 16.5. The fourth-order valence-electron chi connectivity index (χ4n) is 6.13. The molecule has 4 rings (SSSR count). The Balaban J connectivity index is 1.62. The van der Waals surface area contributed by atoms with E-state index in [1.54, 1.807) is 6.92 Å². The van der Waals surface area contributed by atoms with Gasteiger partial charge in [0, 0.05) is 18.5 Å². The number of amides is 2. The molecule has 2 amide bonds. The molecule has 0 heterocycles. The first-order chi connectivity index (χ1) is 12.3. The van der Waals surface area contributed by atoms with Crippen molar-refractivity contribution < 1.29 is 19.1 Å². The molecular weight excluding hydrogens is 332 g/mol. The first-order valence-corrected chi connectivity index (χ1v) is 10.0. The van der Waals surface area contributed by atoms with Crippen LogP contribution in [0.2, 0.25) is 0 Å². The zero-order valence-electron chi connectivity index (χ0n) is 16.2. The van der Waals surface area contributed by atoms with E-state index in [1.807, 2.05) is 6.92 Å². The van der Waals surface area contributed by atoms with E-state index in [1.165, 1.54) is 0 Å². The molecule has 0 aromatic carbocycles. The lowest BCUT2D eigenvalue weighted by molar-refractivity contribution is -0.177. The minimum Gasteiger partial charge on any atom is -0.455 e. The Morgan fingerprint density at radius 2 is 1.81 bits per heavy atom. The first-order valence-electron chi connectivity index (χ1n) is 10.0. The van der Waals surface area contributed by atoms with E-state index in [0.717, 1.165) is 44.9 Å². The van der Waals surface area contributed by atoms with E-state index in [2.05, 4.69) is 17.6 Å². The van der Waals surface area contributed by atoms with Gasteiger partial charge in [-0.15, -0.1) is 0 Å². The van der Waals surface area contributed by atoms with Gasteiger partial charge in [0.2, 0.25) is 5.91 Å². The van der Waals surface area contributed by atoms with Crippen LogP contribution in [-0.4, -0.2) is 36.0 Å². The van der Waals surface area contributed by atoms with Crippen LogP contribution in [0, 0.1) is 17.3 Å². The number of rotatable bonds is 7. The third-order valence-corrected chi connectivity index (χ3v) is 6.40. The van der Waals surface area contributed by atoms with Gasteiger partial charge in [-0.3, -0.25) is 14.4 Å². The Hall–Kier alpha value is -1.59. The number of hydrogen-bond donors (Lipinski definition) is 2. The molecule has 2 N–H and O–H groups in total. The zero-order valence-corrected chi connectivity index (χ0v) is 16.2. The SMILES string of the molecule is CCCC(C)NC(=O)COC(=O)C12CC3CC(CC(NC(C)=O)(C3)C1)C2. The lowest BCUT2D eigenvalue weighted by Gasteiger charge is -2.60. The lowest BCUT2D eigenvalue weighted by atomic mass is 9.47. The van der Waals surface area contributed by atoms with Crippen molar-refractivity contribution in [2.45, 2.75) is 83.7 Å². The fourth-order valence-corrected chi connectivity index (χ4v) is 6.13. The van der Waals surface area contributed by atoms with E-state index >= 15 is 0 Å². The molecule has 146 valence electrons. The second-order valence-corrected chi connectivity index (χ2v) is 9.04. The molecule has 0 aromatic heterocycles. The largest absolute Gasteiger partial charge is 0.455 e. The summed E-state index contributed by atoms with van der Waals surface area (Å²) in [5.41, 5.74) is -0.783. The van der Waals surface area contributed by atoms with Crippen molar-refractivity contribution in [3.8, 4) is 0 Å². The summed E-state index contributed by atoms with van der Waals surface area (Å²) in [4.78, 5) is 36.6. The molecule has 6 heteroatoms. The van der Waals surface area contributed by atoms with Gasteiger partial charge < -0.3 is 15.4 Å². The predicted molar refractivity (Wildman–Crippen MR) is 97.1 cm³/mol. The van der Waals surface area contributed by atoms with Crippen LogP contribution < -0.4 is 10.6 Å². The summed E-state index contributed by atoms with van der Waals surface area (Å²) in [6.45, 7) is 5.36.